The summed E-state index contributed by atoms with van der Waals surface area (Å²) in [7, 11) is 0. The molecule has 1 aromatic rings. The molecule has 0 spiro atoms. The van der Waals surface area contributed by atoms with E-state index in [1.54, 1.807) is 6.08 Å². The van der Waals surface area contributed by atoms with Crippen molar-refractivity contribution in [1.29, 1.82) is 0 Å². The van der Waals surface area contributed by atoms with Gasteiger partial charge in [0.25, 0.3) is 0 Å². The molecule has 2 aliphatic rings. The Labute approximate surface area is 277 Å². The molecule has 8 nitrogen and oxygen atoms in total. The zero-order chi connectivity index (χ0) is 34.0. The molecule has 3 atom stereocenters. The first-order chi connectivity index (χ1) is 21.9. The number of hydrogen-bond acceptors (Lipinski definition) is 8. The lowest BCUT2D eigenvalue weighted by Crippen LogP contribution is -2.29. The Kier molecular flexibility index (Phi) is 17.4. The second-order valence-corrected chi connectivity index (χ2v) is 13.8. The van der Waals surface area contributed by atoms with Crippen molar-refractivity contribution in [2.45, 2.75) is 131 Å². The monoisotopic (exact) mass is 644 g/mol. The molecule has 0 aromatic heterocycles. The van der Waals surface area contributed by atoms with Crippen molar-refractivity contribution in [3.05, 3.63) is 35.9 Å². The van der Waals surface area contributed by atoms with Crippen LogP contribution in [0.5, 0.6) is 5.75 Å². The zero-order valence-electron chi connectivity index (χ0n) is 29.6. The first-order valence-corrected chi connectivity index (χ1v) is 17.5. The number of ether oxygens (including phenoxy) is 5. The molecule has 3 rings (SSSR count). The first kappa shape index (κ1) is 39.3. The normalized spacial score (nSPS) is 19.0. The topological polar surface area (TPSA) is 101 Å². The van der Waals surface area contributed by atoms with Gasteiger partial charge in [0.1, 0.15) is 19.0 Å². The fourth-order valence-corrected chi connectivity index (χ4v) is 4.75. The van der Waals surface area contributed by atoms with Gasteiger partial charge in [-0.05, 0) is 95.9 Å². The summed E-state index contributed by atoms with van der Waals surface area (Å²) in [6.07, 6.45) is 16.4. The van der Waals surface area contributed by atoms with Gasteiger partial charge in [-0.25, -0.2) is 4.79 Å². The second kappa shape index (κ2) is 20.4. The molecular formula is C38H60O8. The van der Waals surface area contributed by atoms with E-state index < -0.39 is 11.4 Å². The highest BCUT2D eigenvalue weighted by Crippen LogP contribution is 2.39. The first-order valence-electron chi connectivity index (χ1n) is 17.5. The van der Waals surface area contributed by atoms with Gasteiger partial charge in [0, 0.05) is 6.08 Å². The lowest BCUT2D eigenvalue weighted by atomic mass is 9.89. The van der Waals surface area contributed by atoms with Crippen LogP contribution in [0, 0.1) is 16.7 Å². The van der Waals surface area contributed by atoms with E-state index in [0.717, 1.165) is 50.0 Å². The van der Waals surface area contributed by atoms with Crippen LogP contribution in [0.4, 0.5) is 0 Å². The maximum atomic E-state index is 11.8. The van der Waals surface area contributed by atoms with Crippen LogP contribution in [0.1, 0.15) is 125 Å². The van der Waals surface area contributed by atoms with Crippen LogP contribution in [0.3, 0.4) is 0 Å². The molecular weight excluding hydrogens is 584 g/mol. The largest absolute Gasteiger partial charge is 0.494 e. The molecule has 1 aromatic carbocycles. The van der Waals surface area contributed by atoms with Gasteiger partial charge < -0.3 is 23.7 Å². The third-order valence-electron chi connectivity index (χ3n) is 9.06. The van der Waals surface area contributed by atoms with Gasteiger partial charge in [-0.3, -0.25) is 9.59 Å². The van der Waals surface area contributed by atoms with Crippen LogP contribution >= 0.6 is 0 Å². The molecule has 3 unspecified atom stereocenters. The van der Waals surface area contributed by atoms with Crippen LogP contribution in [-0.4, -0.2) is 56.5 Å². The van der Waals surface area contributed by atoms with Crippen molar-refractivity contribution in [1.82, 2.24) is 0 Å². The van der Waals surface area contributed by atoms with E-state index in [9.17, 15) is 14.4 Å². The van der Waals surface area contributed by atoms with Gasteiger partial charge in [0.2, 0.25) is 0 Å². The fourth-order valence-electron chi connectivity index (χ4n) is 4.75. The average molecular weight is 645 g/mol. The Morgan fingerprint density at radius 3 is 2.00 bits per heavy atom. The molecule has 2 fully saturated rings. The highest BCUT2D eigenvalue weighted by atomic mass is 16.6. The number of epoxide rings is 1. The lowest BCUT2D eigenvalue weighted by molar-refractivity contribution is -0.158. The van der Waals surface area contributed by atoms with Gasteiger partial charge in [-0.1, -0.05) is 65.0 Å². The minimum Gasteiger partial charge on any atom is -0.494 e. The summed E-state index contributed by atoms with van der Waals surface area (Å²) in [5.41, 5.74) is 0.0248. The van der Waals surface area contributed by atoms with Crippen molar-refractivity contribution in [3.8, 4) is 5.75 Å². The molecule has 0 radical (unpaired) electrons. The molecule has 260 valence electrons. The van der Waals surface area contributed by atoms with Gasteiger partial charge in [0.05, 0.1) is 36.3 Å². The number of carbonyl (C=O) groups is 3. The summed E-state index contributed by atoms with van der Waals surface area (Å²) in [5, 5.41) is 0. The Morgan fingerprint density at radius 2 is 1.37 bits per heavy atom. The van der Waals surface area contributed by atoms with Crippen molar-refractivity contribution in [2.75, 3.05) is 26.4 Å². The van der Waals surface area contributed by atoms with Crippen LogP contribution in [0.25, 0.3) is 6.08 Å². The number of benzene rings is 1. The van der Waals surface area contributed by atoms with Gasteiger partial charge >= 0.3 is 17.9 Å². The van der Waals surface area contributed by atoms with Crippen LogP contribution in [0.15, 0.2) is 30.3 Å². The number of unbranched alkanes of at least 4 members (excludes halogenated alkanes) is 5. The molecule has 46 heavy (non-hydrogen) atoms. The second-order valence-electron chi connectivity index (χ2n) is 13.8. The summed E-state index contributed by atoms with van der Waals surface area (Å²) < 4.78 is 26.8. The van der Waals surface area contributed by atoms with Gasteiger partial charge in [0.15, 0.2) is 0 Å². The Morgan fingerprint density at radius 1 is 0.761 bits per heavy atom. The highest BCUT2D eigenvalue weighted by Gasteiger charge is 2.44. The van der Waals surface area contributed by atoms with E-state index >= 15 is 0 Å². The standard InChI is InChI=1S/C25H38O5.C13H22O3/c1-5-7-8-9-10-11-18-28-22-15-12-21(13-16-22)14-17-23(26)29-19-20-30-24(27)25(3,4)6-2;1-4-13(2,3)12(14)15-8-9-5-6-10-11(7-9)16-10/h12-17H,5-11,18-20H2,1-4H3;9-11H,4-8H2,1-3H3/b17-14+;. The van der Waals surface area contributed by atoms with Gasteiger partial charge in [-0.15, -0.1) is 0 Å². The molecule has 0 amide bonds. The third kappa shape index (κ3) is 15.1. The quantitative estimate of drug-likeness (QED) is 0.0486. The summed E-state index contributed by atoms with van der Waals surface area (Å²) in [6, 6.07) is 7.60. The summed E-state index contributed by atoms with van der Waals surface area (Å²) in [6.45, 7) is 15.1. The maximum absolute atomic E-state index is 11.8. The minimum atomic E-state index is -0.519. The van der Waals surface area contributed by atoms with Crippen LogP contribution in [0.2, 0.25) is 0 Å². The number of carbonyl (C=O) groups excluding carboxylic acids is 3. The number of esters is 3. The van der Waals surface area contributed by atoms with Crippen molar-refractivity contribution >= 4 is 24.0 Å². The molecule has 1 heterocycles. The Balaban J connectivity index is 0.000000383. The number of hydrogen-bond donors (Lipinski definition) is 0. The Bertz CT molecular complexity index is 1070. The van der Waals surface area contributed by atoms with Crippen LogP contribution < -0.4 is 4.74 Å². The predicted molar refractivity (Wildman–Crippen MR) is 181 cm³/mol. The van der Waals surface area contributed by atoms with Crippen LogP contribution in [-0.2, 0) is 33.3 Å². The van der Waals surface area contributed by atoms with Crippen molar-refractivity contribution < 1.29 is 38.1 Å². The summed E-state index contributed by atoms with van der Waals surface area (Å²) >= 11 is 0. The predicted octanol–water partition coefficient (Wildman–Crippen LogP) is 8.50. The van der Waals surface area contributed by atoms with Gasteiger partial charge in [-0.2, -0.15) is 0 Å². The molecule has 0 N–H and O–H groups in total. The molecule has 0 bridgehead atoms. The summed E-state index contributed by atoms with van der Waals surface area (Å²) in [4.78, 5) is 35.4. The maximum Gasteiger partial charge on any atom is 0.330 e. The average Bonchev–Trinajstić information content (AvgIpc) is 3.84. The van der Waals surface area contributed by atoms with E-state index in [1.807, 2.05) is 65.8 Å². The summed E-state index contributed by atoms with van der Waals surface area (Å²) in [5.74, 6) is 0.536. The van der Waals surface area contributed by atoms with Crippen molar-refractivity contribution in [3.63, 3.8) is 0 Å². The van der Waals surface area contributed by atoms with E-state index in [2.05, 4.69) is 6.92 Å². The highest BCUT2D eigenvalue weighted by molar-refractivity contribution is 5.87. The molecule has 1 saturated carbocycles. The lowest BCUT2D eigenvalue weighted by Gasteiger charge is -2.24. The smallest absolute Gasteiger partial charge is 0.330 e. The zero-order valence-corrected chi connectivity index (χ0v) is 29.6. The van der Waals surface area contributed by atoms with E-state index in [0.29, 0.717) is 31.2 Å². The molecule has 1 saturated heterocycles. The molecule has 8 heteroatoms. The van der Waals surface area contributed by atoms with E-state index in [4.69, 9.17) is 23.7 Å². The van der Waals surface area contributed by atoms with Crippen molar-refractivity contribution in [2.24, 2.45) is 16.7 Å². The Hall–Kier alpha value is -2.87. The minimum absolute atomic E-state index is 0.0416. The fraction of sp³-hybridized carbons (Fsp3) is 0.711. The van der Waals surface area contributed by atoms with E-state index in [1.165, 1.54) is 38.2 Å². The number of rotatable bonds is 19. The molecule has 1 aliphatic carbocycles. The third-order valence-corrected chi connectivity index (χ3v) is 9.06. The SMILES string of the molecule is CCC(C)(C)C(=O)OCC1CCC2OC2C1.CCCCCCCCOc1ccc(/C=C/C(=O)OCCOC(=O)C(C)(C)CC)cc1. The van der Waals surface area contributed by atoms with E-state index in [-0.39, 0.29) is 30.6 Å². The number of fused-ring (bicyclic) bond motifs is 1. The molecule has 1 aliphatic heterocycles.